The Balaban J connectivity index is 1.27. The van der Waals surface area contributed by atoms with Crippen molar-refractivity contribution in [3.05, 3.63) is 53.6 Å². The van der Waals surface area contributed by atoms with E-state index in [-0.39, 0.29) is 11.9 Å². The van der Waals surface area contributed by atoms with E-state index in [9.17, 15) is 4.79 Å². The number of aromatic nitrogens is 2. The number of aromatic amines is 1. The lowest BCUT2D eigenvalue weighted by atomic mass is 10.0. The van der Waals surface area contributed by atoms with Gasteiger partial charge >= 0.3 is 0 Å². The van der Waals surface area contributed by atoms with Crippen molar-refractivity contribution in [2.75, 3.05) is 26.0 Å². The molecule has 30 heavy (non-hydrogen) atoms. The number of carbonyl (C=O) groups is 1. The van der Waals surface area contributed by atoms with Gasteiger partial charge < -0.3 is 15.0 Å². The number of carbonyl (C=O) groups excluding carboxylic acids is 1. The Labute approximate surface area is 181 Å². The maximum atomic E-state index is 12.5. The molecule has 0 saturated carbocycles. The van der Waals surface area contributed by atoms with Crippen molar-refractivity contribution in [3.63, 3.8) is 0 Å². The number of aryl methyl sites for hydroxylation is 1. The van der Waals surface area contributed by atoms with Crippen LogP contribution in [0, 0.1) is 6.92 Å². The zero-order valence-corrected chi connectivity index (χ0v) is 18.3. The fraction of sp³-hybridized carbons (Fsp3) is 0.391. The molecule has 0 radical (unpaired) electrons. The number of thioether (sulfide) groups is 1. The lowest BCUT2D eigenvalue weighted by Gasteiger charge is -2.33. The van der Waals surface area contributed by atoms with Gasteiger partial charge in [-0.2, -0.15) is 0 Å². The Kier molecular flexibility index (Phi) is 6.59. The smallest absolute Gasteiger partial charge is 0.230 e. The largest absolute Gasteiger partial charge is 0.497 e. The Morgan fingerprint density at radius 3 is 3.10 bits per heavy atom. The Hall–Kier alpha value is -2.51. The summed E-state index contributed by atoms with van der Waals surface area (Å²) < 4.78 is 5.32. The normalized spacial score (nSPS) is 17.2. The number of hydrogen-bond donors (Lipinski definition) is 2. The molecule has 0 aliphatic carbocycles. The van der Waals surface area contributed by atoms with E-state index >= 15 is 0 Å². The Morgan fingerprint density at radius 2 is 2.23 bits per heavy atom. The zero-order valence-electron chi connectivity index (χ0n) is 17.5. The Morgan fingerprint density at radius 1 is 1.33 bits per heavy atom. The Bertz CT molecular complexity index is 1020. The van der Waals surface area contributed by atoms with Gasteiger partial charge in [0, 0.05) is 19.1 Å². The predicted octanol–water partition coefficient (Wildman–Crippen LogP) is 3.75. The molecule has 1 amide bonds. The van der Waals surface area contributed by atoms with Crippen LogP contribution in [0.5, 0.6) is 5.75 Å². The van der Waals surface area contributed by atoms with E-state index in [0.717, 1.165) is 54.4 Å². The fourth-order valence-corrected chi connectivity index (χ4v) is 4.61. The van der Waals surface area contributed by atoms with Gasteiger partial charge in [-0.15, -0.1) is 0 Å². The second-order valence-electron chi connectivity index (χ2n) is 7.84. The molecule has 1 aliphatic rings. The third-order valence-corrected chi connectivity index (χ3v) is 6.24. The number of piperidine rings is 1. The molecule has 1 aliphatic heterocycles. The van der Waals surface area contributed by atoms with Crippen LogP contribution in [-0.4, -0.2) is 52.8 Å². The molecule has 1 saturated heterocycles. The summed E-state index contributed by atoms with van der Waals surface area (Å²) in [7, 11) is 1.69. The van der Waals surface area contributed by atoms with Crippen molar-refractivity contribution < 1.29 is 9.53 Å². The van der Waals surface area contributed by atoms with E-state index in [4.69, 9.17) is 4.74 Å². The molecule has 4 rings (SSSR count). The first kappa shape index (κ1) is 20.8. The van der Waals surface area contributed by atoms with Gasteiger partial charge in [0.1, 0.15) is 5.75 Å². The average Bonchev–Trinajstić information content (AvgIpc) is 3.15. The van der Waals surface area contributed by atoms with Gasteiger partial charge in [-0.3, -0.25) is 9.69 Å². The number of likely N-dealkylation sites (tertiary alicyclic amines) is 1. The standard InChI is InChI=1S/C23H28N4O2S/c1-16-8-9-20-21(11-16)26-23(25-20)30-15-22(28)24-18-6-4-10-27(14-18)13-17-5-3-7-19(12-17)29-2/h3,5,7-9,11-12,18H,4,6,10,13-15H2,1-2H3,(H,24,28)(H,25,26). The monoisotopic (exact) mass is 424 g/mol. The summed E-state index contributed by atoms with van der Waals surface area (Å²) in [6.45, 7) is 4.85. The summed E-state index contributed by atoms with van der Waals surface area (Å²) in [6.07, 6.45) is 2.11. The molecule has 0 spiro atoms. The van der Waals surface area contributed by atoms with Gasteiger partial charge in [-0.1, -0.05) is 30.0 Å². The number of hydrogen-bond acceptors (Lipinski definition) is 5. The lowest BCUT2D eigenvalue weighted by molar-refractivity contribution is -0.119. The molecule has 158 valence electrons. The van der Waals surface area contributed by atoms with Crippen LogP contribution < -0.4 is 10.1 Å². The maximum absolute atomic E-state index is 12.5. The highest BCUT2D eigenvalue weighted by molar-refractivity contribution is 7.99. The summed E-state index contributed by atoms with van der Waals surface area (Å²) in [6, 6.07) is 14.5. The summed E-state index contributed by atoms with van der Waals surface area (Å²) in [5.41, 5.74) is 4.37. The van der Waals surface area contributed by atoms with Crippen LogP contribution in [0.4, 0.5) is 0 Å². The highest BCUT2D eigenvalue weighted by Crippen LogP contribution is 2.21. The molecule has 6 nitrogen and oxygen atoms in total. The van der Waals surface area contributed by atoms with Gasteiger partial charge in [-0.25, -0.2) is 4.98 Å². The average molecular weight is 425 g/mol. The molecule has 1 atom stereocenters. The van der Waals surface area contributed by atoms with E-state index in [1.54, 1.807) is 7.11 Å². The van der Waals surface area contributed by atoms with Crippen LogP contribution in [0.1, 0.15) is 24.0 Å². The van der Waals surface area contributed by atoms with Crippen molar-refractivity contribution in [2.24, 2.45) is 0 Å². The first-order chi connectivity index (χ1) is 14.6. The zero-order chi connectivity index (χ0) is 20.9. The SMILES string of the molecule is COc1cccc(CN2CCCC(NC(=O)CSc3nc4ccc(C)cc4[nH]3)C2)c1. The molecule has 2 heterocycles. The van der Waals surface area contributed by atoms with Crippen molar-refractivity contribution >= 4 is 28.7 Å². The first-order valence-corrected chi connectivity index (χ1v) is 11.3. The number of imidazole rings is 1. The van der Waals surface area contributed by atoms with Gasteiger partial charge in [0.05, 0.1) is 23.9 Å². The van der Waals surface area contributed by atoms with Crippen molar-refractivity contribution in [2.45, 2.75) is 37.5 Å². The van der Waals surface area contributed by atoms with Gasteiger partial charge in [0.15, 0.2) is 5.16 Å². The van der Waals surface area contributed by atoms with E-state index < -0.39 is 0 Å². The number of H-pyrrole nitrogens is 1. The van der Waals surface area contributed by atoms with Crippen molar-refractivity contribution in [1.82, 2.24) is 20.2 Å². The van der Waals surface area contributed by atoms with Crippen LogP contribution in [0.15, 0.2) is 47.6 Å². The maximum Gasteiger partial charge on any atom is 0.230 e. The van der Waals surface area contributed by atoms with Crippen LogP contribution in [0.3, 0.4) is 0 Å². The summed E-state index contributed by atoms with van der Waals surface area (Å²) in [5, 5.41) is 3.99. The minimum atomic E-state index is 0.0601. The fourth-order valence-electron chi connectivity index (χ4n) is 3.92. The molecule has 7 heteroatoms. The van der Waals surface area contributed by atoms with E-state index in [0.29, 0.717) is 5.75 Å². The number of benzene rings is 2. The number of methoxy groups -OCH3 is 1. The third kappa shape index (κ3) is 5.34. The van der Waals surface area contributed by atoms with Crippen LogP contribution >= 0.6 is 11.8 Å². The number of nitrogens with one attached hydrogen (secondary N) is 2. The van der Waals surface area contributed by atoms with Crippen molar-refractivity contribution in [1.29, 1.82) is 0 Å². The minimum Gasteiger partial charge on any atom is -0.497 e. The number of rotatable bonds is 7. The number of amides is 1. The summed E-state index contributed by atoms with van der Waals surface area (Å²) >= 11 is 1.45. The van der Waals surface area contributed by atoms with Crippen LogP contribution in [-0.2, 0) is 11.3 Å². The molecular weight excluding hydrogens is 396 g/mol. The second-order valence-corrected chi connectivity index (χ2v) is 8.81. The highest BCUT2D eigenvalue weighted by atomic mass is 32.2. The predicted molar refractivity (Wildman–Crippen MR) is 121 cm³/mol. The lowest BCUT2D eigenvalue weighted by Crippen LogP contribution is -2.47. The van der Waals surface area contributed by atoms with Gasteiger partial charge in [0.25, 0.3) is 0 Å². The molecule has 2 aromatic carbocycles. The quantitative estimate of drug-likeness (QED) is 0.565. The molecular formula is C23H28N4O2S. The van der Waals surface area contributed by atoms with Crippen LogP contribution in [0.25, 0.3) is 11.0 Å². The number of fused-ring (bicyclic) bond motifs is 1. The minimum absolute atomic E-state index is 0.0601. The summed E-state index contributed by atoms with van der Waals surface area (Å²) in [5.74, 6) is 1.31. The highest BCUT2D eigenvalue weighted by Gasteiger charge is 2.21. The van der Waals surface area contributed by atoms with E-state index in [1.807, 2.05) is 24.3 Å². The van der Waals surface area contributed by atoms with E-state index in [2.05, 4.69) is 45.3 Å². The first-order valence-electron chi connectivity index (χ1n) is 10.3. The summed E-state index contributed by atoms with van der Waals surface area (Å²) in [4.78, 5) is 22.7. The van der Waals surface area contributed by atoms with Crippen LogP contribution in [0.2, 0.25) is 0 Å². The topological polar surface area (TPSA) is 70.2 Å². The van der Waals surface area contributed by atoms with Crippen molar-refractivity contribution in [3.8, 4) is 5.75 Å². The molecule has 0 bridgehead atoms. The second kappa shape index (κ2) is 9.53. The van der Waals surface area contributed by atoms with Gasteiger partial charge in [0.2, 0.25) is 5.91 Å². The van der Waals surface area contributed by atoms with Gasteiger partial charge in [-0.05, 0) is 61.7 Å². The molecule has 3 aromatic rings. The number of nitrogens with zero attached hydrogens (tertiary/aromatic N) is 2. The number of ether oxygens (including phenoxy) is 1. The third-order valence-electron chi connectivity index (χ3n) is 5.37. The van der Waals surface area contributed by atoms with E-state index in [1.165, 1.54) is 22.9 Å². The molecule has 1 fully saturated rings. The molecule has 2 N–H and O–H groups in total. The molecule has 1 aromatic heterocycles. The molecule has 1 unspecified atom stereocenters.